The van der Waals surface area contributed by atoms with E-state index >= 15 is 0 Å². The fraction of sp³-hybridized carbons (Fsp3) is 0.500. The van der Waals surface area contributed by atoms with E-state index < -0.39 is 0 Å². The fourth-order valence-electron chi connectivity index (χ4n) is 1.96. The second kappa shape index (κ2) is 4.68. The van der Waals surface area contributed by atoms with E-state index in [0.717, 1.165) is 24.3 Å². The van der Waals surface area contributed by atoms with E-state index in [1.165, 1.54) is 18.1 Å². The van der Waals surface area contributed by atoms with Gasteiger partial charge in [-0.2, -0.15) is 0 Å². The molecule has 1 amide bonds. The molecule has 1 aromatic rings. The van der Waals surface area contributed by atoms with E-state index in [9.17, 15) is 9.59 Å². The Balaban J connectivity index is 1.71. The van der Waals surface area contributed by atoms with Crippen molar-refractivity contribution in [3.63, 3.8) is 0 Å². The number of nitrogens with one attached hydrogen (secondary N) is 1. The largest absolute Gasteiger partial charge is 0.340 e. The zero-order chi connectivity index (χ0) is 12.5. The van der Waals surface area contributed by atoms with E-state index in [2.05, 4.69) is 15.3 Å². The monoisotopic (exact) mass is 263 g/mol. The second-order valence-electron chi connectivity index (χ2n) is 4.58. The van der Waals surface area contributed by atoms with Crippen LogP contribution in [0.3, 0.4) is 0 Å². The maximum Gasteiger partial charge on any atom is 0.270 e. The van der Waals surface area contributed by atoms with Crippen LogP contribution in [0.1, 0.15) is 41.4 Å². The summed E-state index contributed by atoms with van der Waals surface area (Å²) in [6.45, 7) is 0. The molecule has 2 heterocycles. The van der Waals surface area contributed by atoms with Crippen LogP contribution in [0, 0.1) is 0 Å². The van der Waals surface area contributed by atoms with Crippen molar-refractivity contribution in [2.24, 2.45) is 0 Å². The molecule has 6 heteroatoms. The van der Waals surface area contributed by atoms with Crippen LogP contribution in [0.5, 0.6) is 0 Å². The fourth-order valence-corrected chi connectivity index (χ4v) is 2.89. The van der Waals surface area contributed by atoms with Crippen molar-refractivity contribution in [2.75, 3.05) is 5.75 Å². The standard InChI is InChI=1S/C12H13N3O2S/c16-11(15-8-3-4-18-12(8)17)10-5-9(7-1-2-7)13-6-14-10/h5-8H,1-4H2,(H,15,16). The normalized spacial score (nSPS) is 23.1. The van der Waals surface area contributed by atoms with Gasteiger partial charge in [0.05, 0.1) is 6.04 Å². The predicted octanol–water partition coefficient (Wildman–Crippen LogP) is 1.12. The third-order valence-corrected chi connectivity index (χ3v) is 4.17. The summed E-state index contributed by atoms with van der Waals surface area (Å²) in [5.41, 5.74) is 1.29. The van der Waals surface area contributed by atoms with E-state index in [4.69, 9.17) is 0 Å². The number of aromatic nitrogens is 2. The van der Waals surface area contributed by atoms with Gasteiger partial charge in [0.1, 0.15) is 12.0 Å². The molecule has 18 heavy (non-hydrogen) atoms. The summed E-state index contributed by atoms with van der Waals surface area (Å²) >= 11 is 1.27. The minimum Gasteiger partial charge on any atom is -0.340 e. The Kier molecular flexibility index (Phi) is 3.03. The lowest BCUT2D eigenvalue weighted by Crippen LogP contribution is -2.37. The number of carbonyl (C=O) groups excluding carboxylic acids is 2. The van der Waals surface area contributed by atoms with Crippen molar-refractivity contribution in [2.45, 2.75) is 31.2 Å². The average molecular weight is 263 g/mol. The molecular weight excluding hydrogens is 250 g/mol. The maximum atomic E-state index is 12.0. The molecule has 0 spiro atoms. The van der Waals surface area contributed by atoms with Crippen molar-refractivity contribution >= 4 is 22.8 Å². The second-order valence-corrected chi connectivity index (χ2v) is 5.68. The Morgan fingerprint density at radius 2 is 2.17 bits per heavy atom. The molecule has 94 valence electrons. The van der Waals surface area contributed by atoms with E-state index in [-0.39, 0.29) is 17.1 Å². The maximum absolute atomic E-state index is 12.0. The van der Waals surface area contributed by atoms with Crippen LogP contribution in [-0.2, 0) is 4.79 Å². The number of thioether (sulfide) groups is 1. The van der Waals surface area contributed by atoms with Crippen molar-refractivity contribution in [3.05, 3.63) is 23.8 Å². The minimum atomic E-state index is -0.359. The first kappa shape index (κ1) is 11.6. The van der Waals surface area contributed by atoms with Crippen LogP contribution in [0.2, 0.25) is 0 Å². The SMILES string of the molecule is O=C(NC1CCSC1=O)c1cc(C2CC2)ncn1. The first-order valence-electron chi connectivity index (χ1n) is 6.03. The quantitative estimate of drug-likeness (QED) is 0.884. The van der Waals surface area contributed by atoms with Gasteiger partial charge in [-0.05, 0) is 25.3 Å². The summed E-state index contributed by atoms with van der Waals surface area (Å²) in [5, 5.41) is 2.77. The van der Waals surface area contributed by atoms with Gasteiger partial charge in [0.25, 0.3) is 5.91 Å². The van der Waals surface area contributed by atoms with Crippen molar-refractivity contribution in [3.8, 4) is 0 Å². The number of carbonyl (C=O) groups is 2. The Hall–Kier alpha value is -1.43. The molecule has 1 unspecified atom stereocenters. The Bertz CT molecular complexity index is 502. The molecule has 1 atom stereocenters. The summed E-state index contributed by atoms with van der Waals surface area (Å²) in [6.07, 6.45) is 4.40. The van der Waals surface area contributed by atoms with Crippen molar-refractivity contribution in [1.82, 2.24) is 15.3 Å². The summed E-state index contributed by atoms with van der Waals surface area (Å²) < 4.78 is 0. The van der Waals surface area contributed by atoms with Crippen LogP contribution in [-0.4, -0.2) is 32.8 Å². The average Bonchev–Trinajstić information content (AvgIpc) is 3.16. The molecule has 2 aliphatic rings. The van der Waals surface area contributed by atoms with E-state index in [1.54, 1.807) is 6.07 Å². The lowest BCUT2D eigenvalue weighted by atomic mass is 10.2. The highest BCUT2D eigenvalue weighted by molar-refractivity contribution is 8.14. The van der Waals surface area contributed by atoms with Crippen LogP contribution in [0.4, 0.5) is 0 Å². The van der Waals surface area contributed by atoms with Crippen LogP contribution in [0.15, 0.2) is 12.4 Å². The molecule has 1 N–H and O–H groups in total. The molecule has 3 rings (SSSR count). The number of rotatable bonds is 3. The molecular formula is C12H13N3O2S. The molecule has 1 aliphatic heterocycles. The number of hydrogen-bond acceptors (Lipinski definition) is 5. The summed E-state index contributed by atoms with van der Waals surface area (Å²) in [5.74, 6) is 0.990. The van der Waals surface area contributed by atoms with Crippen LogP contribution in [0.25, 0.3) is 0 Å². The molecule has 0 bridgehead atoms. The molecule has 2 fully saturated rings. The Morgan fingerprint density at radius 1 is 1.33 bits per heavy atom. The van der Waals surface area contributed by atoms with E-state index in [1.807, 2.05) is 0 Å². The highest BCUT2D eigenvalue weighted by Gasteiger charge is 2.29. The van der Waals surface area contributed by atoms with Crippen LogP contribution >= 0.6 is 11.8 Å². The minimum absolute atomic E-state index is 0.0415. The third-order valence-electron chi connectivity index (χ3n) is 3.16. The summed E-state index contributed by atoms with van der Waals surface area (Å²) in [6, 6.07) is 1.38. The van der Waals surface area contributed by atoms with Crippen LogP contribution < -0.4 is 5.32 Å². The third kappa shape index (κ3) is 2.38. The highest BCUT2D eigenvalue weighted by atomic mass is 32.2. The predicted molar refractivity (Wildman–Crippen MR) is 67.3 cm³/mol. The van der Waals surface area contributed by atoms with Gasteiger partial charge in [-0.15, -0.1) is 0 Å². The molecule has 0 radical (unpaired) electrons. The Morgan fingerprint density at radius 3 is 2.83 bits per heavy atom. The molecule has 1 saturated heterocycles. The van der Waals surface area contributed by atoms with E-state index in [0.29, 0.717) is 18.0 Å². The van der Waals surface area contributed by atoms with Gasteiger partial charge >= 0.3 is 0 Å². The zero-order valence-electron chi connectivity index (χ0n) is 9.76. The number of nitrogens with zero attached hydrogens (tertiary/aromatic N) is 2. The zero-order valence-corrected chi connectivity index (χ0v) is 10.6. The molecule has 0 aromatic carbocycles. The Labute approximate surface area is 109 Å². The molecule has 5 nitrogen and oxygen atoms in total. The van der Waals surface area contributed by atoms with Gasteiger partial charge in [-0.25, -0.2) is 9.97 Å². The molecule has 1 saturated carbocycles. The first-order valence-corrected chi connectivity index (χ1v) is 7.02. The van der Waals surface area contributed by atoms with Gasteiger partial charge in [0.15, 0.2) is 0 Å². The van der Waals surface area contributed by atoms with Gasteiger partial charge in [-0.3, -0.25) is 9.59 Å². The number of hydrogen-bond donors (Lipinski definition) is 1. The van der Waals surface area contributed by atoms with Crippen molar-refractivity contribution in [1.29, 1.82) is 0 Å². The molecule has 1 aliphatic carbocycles. The van der Waals surface area contributed by atoms with Gasteiger partial charge in [0.2, 0.25) is 5.12 Å². The lowest BCUT2D eigenvalue weighted by molar-refractivity contribution is -0.112. The van der Waals surface area contributed by atoms with Gasteiger partial charge in [-0.1, -0.05) is 11.8 Å². The first-order chi connectivity index (χ1) is 8.74. The van der Waals surface area contributed by atoms with Gasteiger partial charge in [0, 0.05) is 17.4 Å². The molecule has 1 aromatic heterocycles. The smallest absolute Gasteiger partial charge is 0.270 e. The number of amides is 1. The highest BCUT2D eigenvalue weighted by Crippen LogP contribution is 2.38. The summed E-state index contributed by atoms with van der Waals surface area (Å²) in [7, 11) is 0. The lowest BCUT2D eigenvalue weighted by Gasteiger charge is -2.09. The van der Waals surface area contributed by atoms with Crippen molar-refractivity contribution < 1.29 is 9.59 Å². The van der Waals surface area contributed by atoms with Gasteiger partial charge < -0.3 is 5.32 Å². The summed E-state index contributed by atoms with van der Waals surface area (Å²) in [4.78, 5) is 31.6. The topological polar surface area (TPSA) is 72.0 Å².